The minimum Gasteiger partial charge on any atom is -0.459 e. The maximum Gasteiger partial charge on any atom is 0.410 e. The van der Waals surface area contributed by atoms with Crippen LogP contribution in [0.5, 0.6) is 0 Å². The monoisotopic (exact) mass is 583 g/mol. The molecule has 0 saturated carbocycles. The normalized spacial score (nSPS) is 19.2. The number of hydrogen-bond donors (Lipinski definition) is 1. The van der Waals surface area contributed by atoms with E-state index in [2.05, 4.69) is 15.3 Å². The van der Waals surface area contributed by atoms with E-state index in [1.165, 1.54) is 24.3 Å². The summed E-state index contributed by atoms with van der Waals surface area (Å²) in [5.74, 6) is -1.35. The van der Waals surface area contributed by atoms with Gasteiger partial charge in [0.25, 0.3) is 5.91 Å². The Kier molecular flexibility index (Phi) is 9.65. The molecule has 3 aliphatic rings. The highest BCUT2D eigenvalue weighted by molar-refractivity contribution is 5.95. The summed E-state index contributed by atoms with van der Waals surface area (Å²) in [5, 5.41) is 8.83. The molecule has 5 rings (SSSR count). The molecule has 0 aromatic heterocycles. The van der Waals surface area contributed by atoms with E-state index in [0.717, 1.165) is 13.1 Å². The third-order valence-corrected chi connectivity index (χ3v) is 7.59. The van der Waals surface area contributed by atoms with Gasteiger partial charge in [-0.25, -0.2) is 13.6 Å². The van der Waals surface area contributed by atoms with Crippen LogP contribution in [-0.4, -0.2) is 98.3 Å². The van der Waals surface area contributed by atoms with Crippen LogP contribution in [0.2, 0.25) is 0 Å². The van der Waals surface area contributed by atoms with E-state index in [0.29, 0.717) is 49.7 Å². The topological polar surface area (TPSA) is 95.9 Å². The van der Waals surface area contributed by atoms with Crippen molar-refractivity contribution in [1.29, 1.82) is 0 Å². The highest BCUT2D eigenvalue weighted by Gasteiger charge is 2.44. The maximum absolute atomic E-state index is 14.4. The Labute approximate surface area is 243 Å². The van der Waals surface area contributed by atoms with Crippen LogP contribution in [0, 0.1) is 11.6 Å². The summed E-state index contributed by atoms with van der Waals surface area (Å²) in [6.07, 6.45) is 1.20. The van der Waals surface area contributed by atoms with Gasteiger partial charge in [0.1, 0.15) is 17.4 Å². The van der Waals surface area contributed by atoms with Crippen LogP contribution in [0.3, 0.4) is 0 Å². The highest BCUT2D eigenvalue weighted by Crippen LogP contribution is 2.38. The molecule has 2 fully saturated rings. The second-order valence-electron chi connectivity index (χ2n) is 10.2. The van der Waals surface area contributed by atoms with Crippen LogP contribution in [-0.2, 0) is 19.0 Å². The second kappa shape index (κ2) is 13.8. The Morgan fingerprint density at radius 2 is 1.81 bits per heavy atom. The number of hydrazone groups is 1. The van der Waals surface area contributed by atoms with Crippen molar-refractivity contribution < 1.29 is 32.6 Å². The van der Waals surface area contributed by atoms with E-state index in [-0.39, 0.29) is 24.6 Å². The van der Waals surface area contributed by atoms with Crippen molar-refractivity contribution in [1.82, 2.24) is 20.1 Å². The quantitative estimate of drug-likeness (QED) is 0.429. The number of hydrogen-bond acceptors (Lipinski definition) is 8. The van der Waals surface area contributed by atoms with Gasteiger partial charge in [-0.15, -0.1) is 0 Å². The number of rotatable bonds is 10. The summed E-state index contributed by atoms with van der Waals surface area (Å²) in [7, 11) is 0. The summed E-state index contributed by atoms with van der Waals surface area (Å²) in [6.45, 7) is 6.23. The van der Waals surface area contributed by atoms with Crippen molar-refractivity contribution >= 4 is 18.2 Å². The van der Waals surface area contributed by atoms with Crippen molar-refractivity contribution in [2.45, 2.75) is 25.3 Å². The molecular weight excluding hydrogens is 548 g/mol. The van der Waals surface area contributed by atoms with E-state index in [1.807, 2.05) is 6.92 Å². The Morgan fingerprint density at radius 3 is 2.45 bits per heavy atom. The maximum atomic E-state index is 14.4. The number of morpholine rings is 1. The lowest BCUT2D eigenvalue weighted by Crippen LogP contribution is -2.56. The van der Waals surface area contributed by atoms with Crippen LogP contribution in [0.25, 0.3) is 0 Å². The second-order valence-corrected chi connectivity index (χ2v) is 10.2. The van der Waals surface area contributed by atoms with Crippen molar-refractivity contribution in [3.8, 4) is 0 Å². The van der Waals surface area contributed by atoms with Crippen molar-refractivity contribution in [3.63, 3.8) is 0 Å². The number of fused-ring (bicyclic) bond motifs is 1. The zero-order valence-corrected chi connectivity index (χ0v) is 23.5. The molecule has 3 aliphatic heterocycles. The van der Waals surface area contributed by atoms with Crippen molar-refractivity contribution in [2.75, 3.05) is 59.3 Å². The number of likely N-dealkylation sites (N-methyl/N-ethyl adjacent to an activating group) is 1. The van der Waals surface area contributed by atoms with Crippen LogP contribution in [0.4, 0.5) is 13.6 Å². The molecule has 0 aliphatic carbocycles. The fraction of sp³-hybridized carbons (Fsp3) is 0.433. The van der Waals surface area contributed by atoms with E-state index in [4.69, 9.17) is 14.2 Å². The smallest absolute Gasteiger partial charge is 0.410 e. The Morgan fingerprint density at radius 1 is 1.12 bits per heavy atom. The molecule has 1 atom stereocenters. The zero-order valence-electron chi connectivity index (χ0n) is 23.5. The van der Waals surface area contributed by atoms with Crippen LogP contribution >= 0.6 is 0 Å². The third kappa shape index (κ3) is 6.88. The van der Waals surface area contributed by atoms with E-state index >= 15 is 0 Å². The van der Waals surface area contributed by atoms with Crippen LogP contribution in [0.15, 0.2) is 65.1 Å². The van der Waals surface area contributed by atoms with Crippen molar-refractivity contribution in [2.24, 2.45) is 5.10 Å². The molecule has 1 unspecified atom stereocenters. The summed E-state index contributed by atoms with van der Waals surface area (Å²) in [5.41, 5.74) is 1.45. The van der Waals surface area contributed by atoms with Gasteiger partial charge in [0.2, 0.25) is 6.79 Å². The lowest BCUT2D eigenvalue weighted by atomic mass is 9.83. The number of amides is 2. The molecule has 2 saturated heterocycles. The predicted octanol–water partition coefficient (Wildman–Crippen LogP) is 3.26. The van der Waals surface area contributed by atoms with Gasteiger partial charge >= 0.3 is 6.09 Å². The van der Waals surface area contributed by atoms with Crippen molar-refractivity contribution in [3.05, 3.63) is 82.7 Å². The molecule has 42 heavy (non-hydrogen) atoms. The van der Waals surface area contributed by atoms with Gasteiger partial charge in [-0.05, 0) is 42.3 Å². The average molecular weight is 584 g/mol. The number of halogens is 2. The molecular formula is C30H35F2N5O5. The fourth-order valence-electron chi connectivity index (χ4n) is 5.53. The highest BCUT2D eigenvalue weighted by atomic mass is 19.1. The van der Waals surface area contributed by atoms with Crippen LogP contribution in [0.1, 0.15) is 30.4 Å². The van der Waals surface area contributed by atoms with Gasteiger partial charge in [-0.2, -0.15) is 5.10 Å². The average Bonchev–Trinajstić information content (AvgIpc) is 2.99. The molecule has 2 aromatic carbocycles. The zero-order chi connectivity index (χ0) is 29.5. The number of nitrogens with one attached hydrogen (secondary N) is 1. The minimum atomic E-state index is -0.629. The standard InChI is InChI=1S/C30H35F2N5O5/c1-2-36-19-25(27(21-5-3-7-23(31)17-21)22-6-4-8-24(32)18-22)37-28(29(36)38)26(9-10-34-37)41-20-42-30(39)33-11-12-35-13-15-40-16-14-35/h3-8,10,17-18,25,27H,2,9,11-16,19-20H2,1H3,(H,33,39). The number of carbonyl (C=O) groups excluding carboxylic acids is 2. The molecule has 1 N–H and O–H groups in total. The molecule has 3 heterocycles. The summed E-state index contributed by atoms with van der Waals surface area (Å²) in [4.78, 5) is 29.6. The summed E-state index contributed by atoms with van der Waals surface area (Å²) < 4.78 is 45.2. The molecule has 0 spiro atoms. The van der Waals surface area contributed by atoms with Crippen LogP contribution < -0.4 is 5.32 Å². The minimum absolute atomic E-state index is 0.213. The number of ether oxygens (including phenoxy) is 3. The number of nitrogens with zero attached hydrogens (tertiary/aromatic N) is 4. The molecule has 2 amide bonds. The summed E-state index contributed by atoms with van der Waals surface area (Å²) >= 11 is 0. The molecule has 12 heteroatoms. The first-order valence-electron chi connectivity index (χ1n) is 14.1. The largest absolute Gasteiger partial charge is 0.459 e. The van der Waals surface area contributed by atoms with Gasteiger partial charge in [-0.1, -0.05) is 24.3 Å². The fourth-order valence-corrected chi connectivity index (χ4v) is 5.53. The third-order valence-electron chi connectivity index (χ3n) is 7.59. The van der Waals surface area contributed by atoms with E-state index in [1.54, 1.807) is 40.4 Å². The van der Waals surface area contributed by atoms with Gasteiger partial charge in [-0.3, -0.25) is 14.7 Å². The lowest BCUT2D eigenvalue weighted by Gasteiger charge is -2.45. The number of carbonyl (C=O) groups is 2. The molecule has 0 bridgehead atoms. The van der Waals surface area contributed by atoms with E-state index < -0.39 is 36.5 Å². The van der Waals surface area contributed by atoms with Gasteiger partial charge in [0.05, 0.1) is 19.3 Å². The predicted molar refractivity (Wildman–Crippen MR) is 150 cm³/mol. The molecule has 224 valence electrons. The van der Waals surface area contributed by atoms with Gasteiger partial charge in [0.15, 0.2) is 5.70 Å². The summed E-state index contributed by atoms with van der Waals surface area (Å²) in [6, 6.07) is 11.8. The SMILES string of the molecule is CCN1CC(C(c2cccc(F)c2)c2cccc(F)c2)N2N=CCC(OCOC(=O)NCCN3CCOCC3)=C2C1=O. The first-order valence-corrected chi connectivity index (χ1v) is 14.1. The number of allylic oxidation sites excluding steroid dienone is 1. The first-order chi connectivity index (χ1) is 20.4. The Bertz CT molecular complexity index is 1290. The Balaban J connectivity index is 1.34. The lowest BCUT2D eigenvalue weighted by molar-refractivity contribution is -0.134. The van der Waals surface area contributed by atoms with Gasteiger partial charge in [0, 0.05) is 57.8 Å². The molecule has 10 nitrogen and oxygen atoms in total. The molecule has 2 aromatic rings. The number of alkyl carbamates (subject to hydrolysis) is 1. The van der Waals surface area contributed by atoms with Gasteiger partial charge < -0.3 is 24.4 Å². The number of piperazine rings is 1. The van der Waals surface area contributed by atoms with E-state index in [9.17, 15) is 18.4 Å². The first kappa shape index (κ1) is 29.5. The number of benzene rings is 2. The molecule has 0 radical (unpaired) electrons. The Hall–Kier alpha value is -4.03.